The van der Waals surface area contributed by atoms with Crippen LogP contribution in [0.2, 0.25) is 0 Å². The van der Waals surface area contributed by atoms with Crippen LogP contribution in [0.25, 0.3) is 0 Å². The van der Waals surface area contributed by atoms with E-state index in [1.54, 1.807) is 24.5 Å². The Labute approximate surface area is 123 Å². The molecule has 0 aliphatic carbocycles. The summed E-state index contributed by atoms with van der Waals surface area (Å²) in [6.07, 6.45) is 4.28. The molecule has 0 bridgehead atoms. The van der Waals surface area contributed by atoms with E-state index in [9.17, 15) is 4.79 Å². The Hall–Kier alpha value is -1.47. The van der Waals surface area contributed by atoms with Crippen molar-refractivity contribution in [1.29, 1.82) is 0 Å². The smallest absolute Gasteiger partial charge is 0.261 e. The molecule has 1 amide bonds. The SMILES string of the molecule is CCCNc1ncccc1C(=O)Nc1ncc(Br)s1. The highest BCUT2D eigenvalue weighted by Crippen LogP contribution is 2.24. The summed E-state index contributed by atoms with van der Waals surface area (Å²) in [6.45, 7) is 2.84. The molecular weight excluding hydrogens is 328 g/mol. The number of anilines is 2. The molecule has 0 aliphatic rings. The number of carbonyl (C=O) groups excluding carboxylic acids is 1. The van der Waals surface area contributed by atoms with Crippen LogP contribution in [0.3, 0.4) is 0 Å². The molecule has 100 valence electrons. The first kappa shape index (κ1) is 14.0. The van der Waals surface area contributed by atoms with Gasteiger partial charge < -0.3 is 5.32 Å². The van der Waals surface area contributed by atoms with Crippen molar-refractivity contribution in [3.63, 3.8) is 0 Å². The number of rotatable bonds is 5. The van der Waals surface area contributed by atoms with Crippen LogP contribution in [0.4, 0.5) is 10.9 Å². The average Bonchev–Trinajstić information content (AvgIpc) is 2.82. The molecule has 0 saturated carbocycles. The Bertz CT molecular complexity index is 572. The molecule has 0 aromatic carbocycles. The normalized spacial score (nSPS) is 10.2. The molecule has 7 heteroatoms. The number of pyridine rings is 1. The van der Waals surface area contributed by atoms with Crippen LogP contribution in [-0.2, 0) is 0 Å². The first-order chi connectivity index (χ1) is 9.20. The van der Waals surface area contributed by atoms with E-state index in [1.807, 2.05) is 0 Å². The predicted octanol–water partition coefficient (Wildman–Crippen LogP) is 3.37. The van der Waals surface area contributed by atoms with E-state index in [4.69, 9.17) is 0 Å². The van der Waals surface area contributed by atoms with Gasteiger partial charge in [-0.05, 0) is 34.5 Å². The maximum Gasteiger partial charge on any atom is 0.261 e. The van der Waals surface area contributed by atoms with E-state index in [1.165, 1.54) is 11.3 Å². The van der Waals surface area contributed by atoms with E-state index < -0.39 is 0 Å². The summed E-state index contributed by atoms with van der Waals surface area (Å²) in [5, 5.41) is 6.45. The molecular formula is C12H13BrN4OS. The maximum absolute atomic E-state index is 12.2. The predicted molar refractivity (Wildman–Crippen MR) is 80.8 cm³/mol. The molecule has 0 saturated heterocycles. The van der Waals surface area contributed by atoms with Gasteiger partial charge in [0, 0.05) is 12.7 Å². The molecule has 2 aromatic rings. The molecule has 0 radical (unpaired) electrons. The van der Waals surface area contributed by atoms with Crippen molar-refractivity contribution in [3.05, 3.63) is 33.9 Å². The molecule has 0 fully saturated rings. The van der Waals surface area contributed by atoms with Crippen LogP contribution in [0.1, 0.15) is 23.7 Å². The first-order valence-electron chi connectivity index (χ1n) is 5.82. The highest BCUT2D eigenvalue weighted by Gasteiger charge is 2.13. The highest BCUT2D eigenvalue weighted by molar-refractivity contribution is 9.11. The zero-order chi connectivity index (χ0) is 13.7. The Morgan fingerprint density at radius 2 is 2.32 bits per heavy atom. The minimum absolute atomic E-state index is 0.214. The second-order valence-electron chi connectivity index (χ2n) is 3.75. The molecule has 0 unspecified atom stereocenters. The lowest BCUT2D eigenvalue weighted by Crippen LogP contribution is -2.15. The number of nitrogens with one attached hydrogen (secondary N) is 2. The first-order valence-corrected chi connectivity index (χ1v) is 7.43. The van der Waals surface area contributed by atoms with Gasteiger partial charge in [0.25, 0.3) is 5.91 Å². The Morgan fingerprint density at radius 3 is 3.00 bits per heavy atom. The largest absolute Gasteiger partial charge is 0.369 e. The molecule has 2 aromatic heterocycles. The number of aromatic nitrogens is 2. The molecule has 0 aliphatic heterocycles. The number of hydrogen-bond donors (Lipinski definition) is 2. The monoisotopic (exact) mass is 340 g/mol. The van der Waals surface area contributed by atoms with Gasteiger partial charge in [-0.15, -0.1) is 0 Å². The van der Waals surface area contributed by atoms with E-state index in [0.29, 0.717) is 16.5 Å². The Balaban J connectivity index is 2.14. The van der Waals surface area contributed by atoms with Crippen molar-refractivity contribution >= 4 is 44.1 Å². The van der Waals surface area contributed by atoms with Gasteiger partial charge in [-0.1, -0.05) is 18.3 Å². The van der Waals surface area contributed by atoms with Crippen molar-refractivity contribution < 1.29 is 4.79 Å². The van der Waals surface area contributed by atoms with Crippen LogP contribution in [0.15, 0.2) is 28.3 Å². The summed E-state index contributed by atoms with van der Waals surface area (Å²) in [6, 6.07) is 3.48. The van der Waals surface area contributed by atoms with Gasteiger partial charge >= 0.3 is 0 Å². The van der Waals surface area contributed by atoms with Gasteiger partial charge in [-0.2, -0.15) is 0 Å². The Morgan fingerprint density at radius 1 is 1.47 bits per heavy atom. The third-order valence-corrected chi connectivity index (χ3v) is 3.68. The van der Waals surface area contributed by atoms with Crippen LogP contribution in [0.5, 0.6) is 0 Å². The summed E-state index contributed by atoms with van der Waals surface area (Å²) in [5.41, 5.74) is 0.516. The van der Waals surface area contributed by atoms with Gasteiger partial charge in [-0.3, -0.25) is 10.1 Å². The lowest BCUT2D eigenvalue weighted by atomic mass is 10.2. The number of nitrogens with zero attached hydrogens (tertiary/aromatic N) is 2. The van der Waals surface area contributed by atoms with Crippen molar-refractivity contribution in [2.75, 3.05) is 17.2 Å². The maximum atomic E-state index is 12.2. The zero-order valence-electron chi connectivity index (χ0n) is 10.3. The third-order valence-electron chi connectivity index (χ3n) is 2.29. The minimum atomic E-state index is -0.214. The highest BCUT2D eigenvalue weighted by atomic mass is 79.9. The van der Waals surface area contributed by atoms with E-state index >= 15 is 0 Å². The fraction of sp³-hybridized carbons (Fsp3) is 0.250. The fourth-order valence-electron chi connectivity index (χ4n) is 1.45. The zero-order valence-corrected chi connectivity index (χ0v) is 12.7. The number of thiazole rings is 1. The molecule has 2 heterocycles. The summed E-state index contributed by atoms with van der Waals surface area (Å²) in [5.74, 6) is 0.381. The molecule has 0 atom stereocenters. The lowest BCUT2D eigenvalue weighted by molar-refractivity contribution is 0.102. The molecule has 2 N–H and O–H groups in total. The minimum Gasteiger partial charge on any atom is -0.369 e. The van der Waals surface area contributed by atoms with Crippen LogP contribution >= 0.6 is 27.3 Å². The molecule has 2 rings (SSSR count). The molecule has 19 heavy (non-hydrogen) atoms. The van der Waals surface area contributed by atoms with Crippen molar-refractivity contribution in [3.8, 4) is 0 Å². The van der Waals surface area contributed by atoms with Crippen LogP contribution in [-0.4, -0.2) is 22.4 Å². The van der Waals surface area contributed by atoms with Crippen molar-refractivity contribution in [2.45, 2.75) is 13.3 Å². The number of hydrogen-bond acceptors (Lipinski definition) is 5. The fourth-order valence-corrected chi connectivity index (χ4v) is 2.55. The standard InChI is InChI=1S/C12H13BrN4OS/c1-2-5-14-10-8(4-3-6-15-10)11(18)17-12-16-7-9(13)19-12/h3-4,6-7H,2,5H2,1H3,(H,14,15)(H,16,17,18). The molecule has 5 nitrogen and oxygen atoms in total. The summed E-state index contributed by atoms with van der Waals surface area (Å²) < 4.78 is 0.873. The topological polar surface area (TPSA) is 66.9 Å². The second kappa shape index (κ2) is 6.63. The molecule has 0 spiro atoms. The van der Waals surface area contributed by atoms with Crippen molar-refractivity contribution in [1.82, 2.24) is 9.97 Å². The number of carbonyl (C=O) groups is 1. The summed E-state index contributed by atoms with van der Waals surface area (Å²) in [7, 11) is 0. The second-order valence-corrected chi connectivity index (χ2v) is 6.16. The summed E-state index contributed by atoms with van der Waals surface area (Å²) >= 11 is 4.67. The van der Waals surface area contributed by atoms with Crippen LogP contribution in [0, 0.1) is 0 Å². The van der Waals surface area contributed by atoms with Gasteiger partial charge in [0.05, 0.1) is 15.5 Å². The Kier molecular flexibility index (Phi) is 4.86. The van der Waals surface area contributed by atoms with E-state index in [2.05, 4.69) is 43.5 Å². The average molecular weight is 341 g/mol. The van der Waals surface area contributed by atoms with Gasteiger partial charge in [0.15, 0.2) is 5.13 Å². The van der Waals surface area contributed by atoms with Crippen LogP contribution < -0.4 is 10.6 Å². The van der Waals surface area contributed by atoms with E-state index in [0.717, 1.165) is 16.8 Å². The summed E-state index contributed by atoms with van der Waals surface area (Å²) in [4.78, 5) is 20.4. The number of amides is 1. The quantitative estimate of drug-likeness (QED) is 0.875. The van der Waals surface area contributed by atoms with Gasteiger partial charge in [-0.25, -0.2) is 9.97 Å². The van der Waals surface area contributed by atoms with Gasteiger partial charge in [0.1, 0.15) is 5.82 Å². The number of halogens is 1. The third kappa shape index (κ3) is 3.74. The van der Waals surface area contributed by atoms with Gasteiger partial charge in [0.2, 0.25) is 0 Å². The van der Waals surface area contributed by atoms with Crippen molar-refractivity contribution in [2.24, 2.45) is 0 Å². The lowest BCUT2D eigenvalue weighted by Gasteiger charge is -2.09. The van der Waals surface area contributed by atoms with E-state index in [-0.39, 0.29) is 5.91 Å².